The number of ether oxygens (including phenoxy) is 1. The maximum Gasteiger partial charge on any atom is 0.136 e. The second kappa shape index (κ2) is 6.70. The first kappa shape index (κ1) is 14.0. The van der Waals surface area contributed by atoms with Crippen LogP contribution in [0.15, 0.2) is 0 Å². The van der Waals surface area contributed by atoms with Gasteiger partial charge in [0.15, 0.2) is 0 Å². The summed E-state index contributed by atoms with van der Waals surface area (Å²) >= 11 is 0. The van der Waals surface area contributed by atoms with Crippen molar-refractivity contribution in [1.82, 2.24) is 0 Å². The van der Waals surface area contributed by atoms with Gasteiger partial charge < -0.3 is 4.74 Å². The molecular formula is C16H28O2. The zero-order chi connectivity index (χ0) is 13.0. The Hall–Kier alpha value is -0.370. The molecule has 0 aromatic rings. The number of Topliss-reactive ketones (excluding diaryl/α,β-unsaturated/α-hetero) is 1. The van der Waals surface area contributed by atoms with Gasteiger partial charge in [0.1, 0.15) is 5.78 Å². The number of hydrogen-bond donors (Lipinski definition) is 0. The maximum absolute atomic E-state index is 12.3. The zero-order valence-corrected chi connectivity index (χ0v) is 12.0. The molecule has 0 spiro atoms. The molecule has 2 fully saturated rings. The minimum Gasteiger partial charge on any atom is -0.378 e. The third kappa shape index (κ3) is 4.08. The molecule has 3 atom stereocenters. The average molecular weight is 252 g/mol. The Morgan fingerprint density at radius 3 is 2.44 bits per heavy atom. The van der Waals surface area contributed by atoms with Crippen LogP contribution in [0.4, 0.5) is 0 Å². The molecule has 2 nitrogen and oxygen atoms in total. The van der Waals surface area contributed by atoms with Crippen LogP contribution in [0.5, 0.6) is 0 Å². The molecule has 1 heterocycles. The molecule has 0 aromatic carbocycles. The van der Waals surface area contributed by atoms with Gasteiger partial charge >= 0.3 is 0 Å². The Morgan fingerprint density at radius 1 is 1.11 bits per heavy atom. The lowest BCUT2D eigenvalue weighted by Crippen LogP contribution is -2.27. The topological polar surface area (TPSA) is 26.3 Å². The summed E-state index contributed by atoms with van der Waals surface area (Å²) in [6, 6.07) is 0. The van der Waals surface area contributed by atoms with Crippen molar-refractivity contribution in [3.05, 3.63) is 0 Å². The third-order valence-corrected chi connectivity index (χ3v) is 4.62. The van der Waals surface area contributed by atoms with Crippen LogP contribution in [0.3, 0.4) is 0 Å². The van der Waals surface area contributed by atoms with E-state index < -0.39 is 0 Å². The van der Waals surface area contributed by atoms with E-state index in [4.69, 9.17) is 4.74 Å². The van der Waals surface area contributed by atoms with E-state index in [0.717, 1.165) is 50.5 Å². The SMILES string of the molecule is CC1CC(C)CC(C(=O)CCC2CCCCO2)C1. The molecule has 2 rings (SSSR count). The number of carbonyl (C=O) groups is 1. The van der Waals surface area contributed by atoms with Crippen molar-refractivity contribution in [1.29, 1.82) is 0 Å². The van der Waals surface area contributed by atoms with Crippen LogP contribution in [0, 0.1) is 17.8 Å². The lowest BCUT2D eigenvalue weighted by Gasteiger charge is -2.31. The molecule has 1 aliphatic heterocycles. The predicted molar refractivity (Wildman–Crippen MR) is 73.5 cm³/mol. The summed E-state index contributed by atoms with van der Waals surface area (Å²) < 4.78 is 5.71. The summed E-state index contributed by atoms with van der Waals surface area (Å²) in [6.45, 7) is 5.48. The van der Waals surface area contributed by atoms with Crippen molar-refractivity contribution in [2.24, 2.45) is 17.8 Å². The minimum absolute atomic E-state index is 0.340. The molecule has 18 heavy (non-hydrogen) atoms. The van der Waals surface area contributed by atoms with Crippen LogP contribution in [0.2, 0.25) is 0 Å². The minimum atomic E-state index is 0.340. The Kier molecular flexibility index (Phi) is 5.23. The summed E-state index contributed by atoms with van der Waals surface area (Å²) in [6.07, 6.45) is 9.23. The highest BCUT2D eigenvalue weighted by Crippen LogP contribution is 2.34. The number of rotatable bonds is 4. The first-order valence-corrected chi connectivity index (χ1v) is 7.79. The van der Waals surface area contributed by atoms with Crippen molar-refractivity contribution in [2.75, 3.05) is 6.61 Å². The van der Waals surface area contributed by atoms with Crippen molar-refractivity contribution in [3.63, 3.8) is 0 Å². The molecular weight excluding hydrogens is 224 g/mol. The second-order valence-electron chi connectivity index (χ2n) is 6.61. The highest BCUT2D eigenvalue weighted by molar-refractivity contribution is 5.81. The predicted octanol–water partition coefficient (Wildman–Crippen LogP) is 3.98. The van der Waals surface area contributed by atoms with Crippen LogP contribution in [-0.4, -0.2) is 18.5 Å². The lowest BCUT2D eigenvalue weighted by atomic mass is 9.74. The monoisotopic (exact) mass is 252 g/mol. The molecule has 0 bridgehead atoms. The zero-order valence-electron chi connectivity index (χ0n) is 12.0. The highest BCUT2D eigenvalue weighted by atomic mass is 16.5. The fourth-order valence-electron chi connectivity index (χ4n) is 3.75. The molecule has 1 saturated heterocycles. The van der Waals surface area contributed by atoms with Gasteiger partial charge in [-0.25, -0.2) is 0 Å². The summed E-state index contributed by atoms with van der Waals surface area (Å²) in [4.78, 5) is 12.3. The Bertz CT molecular complexity index is 258. The van der Waals surface area contributed by atoms with Crippen LogP contribution in [-0.2, 0) is 9.53 Å². The van der Waals surface area contributed by atoms with Crippen molar-refractivity contribution in [3.8, 4) is 0 Å². The number of ketones is 1. The summed E-state index contributed by atoms with van der Waals surface area (Å²) in [5, 5.41) is 0. The van der Waals surface area contributed by atoms with E-state index in [1.54, 1.807) is 0 Å². The molecule has 1 saturated carbocycles. The molecule has 2 aliphatic rings. The third-order valence-electron chi connectivity index (χ3n) is 4.62. The summed E-state index contributed by atoms with van der Waals surface area (Å²) in [5.74, 6) is 2.30. The van der Waals surface area contributed by atoms with Crippen LogP contribution in [0.1, 0.15) is 65.2 Å². The average Bonchev–Trinajstić information content (AvgIpc) is 2.36. The summed E-state index contributed by atoms with van der Waals surface area (Å²) in [5.41, 5.74) is 0. The van der Waals surface area contributed by atoms with Gasteiger partial charge in [-0.3, -0.25) is 4.79 Å². The molecule has 0 aromatic heterocycles. The Labute approximate surface area is 111 Å². The van der Waals surface area contributed by atoms with E-state index in [0.29, 0.717) is 17.8 Å². The van der Waals surface area contributed by atoms with Gasteiger partial charge in [-0.2, -0.15) is 0 Å². The second-order valence-corrected chi connectivity index (χ2v) is 6.61. The van der Waals surface area contributed by atoms with Gasteiger partial charge in [0, 0.05) is 18.9 Å². The first-order valence-electron chi connectivity index (χ1n) is 7.79. The fourth-order valence-corrected chi connectivity index (χ4v) is 3.75. The van der Waals surface area contributed by atoms with Crippen LogP contribution >= 0.6 is 0 Å². The standard InChI is InChI=1S/C16H28O2/c1-12-9-13(2)11-14(10-12)16(17)7-6-15-5-3-4-8-18-15/h12-15H,3-11H2,1-2H3. The van der Waals surface area contributed by atoms with Gasteiger partial charge in [-0.15, -0.1) is 0 Å². The molecule has 2 heteroatoms. The van der Waals surface area contributed by atoms with Gasteiger partial charge in [0.25, 0.3) is 0 Å². The van der Waals surface area contributed by atoms with E-state index in [1.165, 1.54) is 19.3 Å². The normalized spacial score (nSPS) is 37.4. The van der Waals surface area contributed by atoms with Crippen molar-refractivity contribution < 1.29 is 9.53 Å². The fraction of sp³-hybridized carbons (Fsp3) is 0.938. The molecule has 3 unspecified atom stereocenters. The molecule has 0 radical (unpaired) electrons. The molecule has 1 aliphatic carbocycles. The Morgan fingerprint density at radius 2 is 1.83 bits per heavy atom. The van der Waals surface area contributed by atoms with Crippen LogP contribution < -0.4 is 0 Å². The van der Waals surface area contributed by atoms with Gasteiger partial charge in [0.2, 0.25) is 0 Å². The quantitative estimate of drug-likeness (QED) is 0.756. The van der Waals surface area contributed by atoms with Gasteiger partial charge in [-0.05, 0) is 56.8 Å². The van der Waals surface area contributed by atoms with E-state index in [1.807, 2.05) is 0 Å². The summed E-state index contributed by atoms with van der Waals surface area (Å²) in [7, 11) is 0. The maximum atomic E-state index is 12.3. The number of carbonyl (C=O) groups excluding carboxylic acids is 1. The van der Waals surface area contributed by atoms with E-state index in [2.05, 4.69) is 13.8 Å². The molecule has 0 N–H and O–H groups in total. The van der Waals surface area contributed by atoms with Crippen LogP contribution in [0.25, 0.3) is 0 Å². The molecule has 104 valence electrons. The van der Waals surface area contributed by atoms with E-state index in [9.17, 15) is 4.79 Å². The van der Waals surface area contributed by atoms with E-state index in [-0.39, 0.29) is 0 Å². The highest BCUT2D eigenvalue weighted by Gasteiger charge is 2.29. The Balaban J connectivity index is 1.73. The largest absolute Gasteiger partial charge is 0.378 e. The van der Waals surface area contributed by atoms with Crippen molar-refractivity contribution >= 4 is 5.78 Å². The molecule has 0 amide bonds. The first-order chi connectivity index (χ1) is 8.65. The van der Waals surface area contributed by atoms with Gasteiger partial charge in [-0.1, -0.05) is 13.8 Å². The van der Waals surface area contributed by atoms with E-state index >= 15 is 0 Å². The lowest BCUT2D eigenvalue weighted by molar-refractivity contribution is -0.125. The van der Waals surface area contributed by atoms with Gasteiger partial charge in [0.05, 0.1) is 6.10 Å². The van der Waals surface area contributed by atoms with Crippen molar-refractivity contribution in [2.45, 2.75) is 71.3 Å². The number of hydrogen-bond acceptors (Lipinski definition) is 2. The smallest absolute Gasteiger partial charge is 0.136 e.